The van der Waals surface area contributed by atoms with E-state index in [4.69, 9.17) is 0 Å². The van der Waals surface area contributed by atoms with Gasteiger partial charge in [-0.25, -0.2) is 9.40 Å². The highest BCUT2D eigenvalue weighted by molar-refractivity contribution is 9.10. The first kappa shape index (κ1) is 14.5. The van der Waals surface area contributed by atoms with Crippen molar-refractivity contribution in [2.75, 3.05) is 5.01 Å². The van der Waals surface area contributed by atoms with Crippen LogP contribution in [0, 0.1) is 5.82 Å². The van der Waals surface area contributed by atoms with Crippen molar-refractivity contribution in [2.45, 2.75) is 0 Å². The molecular weight excluding hydrogens is 351 g/mol. The van der Waals surface area contributed by atoms with Gasteiger partial charge in [0.25, 0.3) is 11.8 Å². The number of hydrogen-bond acceptors (Lipinski definition) is 2. The van der Waals surface area contributed by atoms with Crippen LogP contribution in [-0.2, 0) is 9.59 Å². The zero-order chi connectivity index (χ0) is 15.7. The van der Waals surface area contributed by atoms with Crippen LogP contribution in [0.5, 0.6) is 0 Å². The highest BCUT2D eigenvalue weighted by Gasteiger charge is 2.34. The van der Waals surface area contributed by atoms with Crippen LogP contribution >= 0.6 is 15.9 Å². The Hall–Kier alpha value is -2.47. The average molecular weight is 361 g/mol. The monoisotopic (exact) mass is 360 g/mol. The average Bonchev–Trinajstić information content (AvgIpc) is 2.76. The molecule has 1 aliphatic rings. The third-order valence-corrected chi connectivity index (χ3v) is 3.63. The van der Waals surface area contributed by atoms with Crippen molar-refractivity contribution in [3.8, 4) is 0 Å². The molecule has 110 valence electrons. The quantitative estimate of drug-likeness (QED) is 0.660. The topological polar surface area (TPSA) is 49.4 Å². The summed E-state index contributed by atoms with van der Waals surface area (Å²) in [7, 11) is 0. The Morgan fingerprint density at radius 1 is 1.09 bits per heavy atom. The number of nitrogens with one attached hydrogen (secondary N) is 1. The molecule has 1 fully saturated rings. The predicted octanol–water partition coefficient (Wildman–Crippen LogP) is 3.05. The number of amides is 2. The van der Waals surface area contributed by atoms with Crippen LogP contribution in [0.15, 0.2) is 58.6 Å². The maximum absolute atomic E-state index is 12.9. The van der Waals surface area contributed by atoms with E-state index in [0.717, 1.165) is 15.0 Å². The van der Waals surface area contributed by atoms with Crippen molar-refractivity contribution in [1.29, 1.82) is 0 Å². The Bertz CT molecular complexity index is 787. The van der Waals surface area contributed by atoms with E-state index in [2.05, 4.69) is 21.4 Å². The van der Waals surface area contributed by atoms with Gasteiger partial charge in [0.2, 0.25) is 0 Å². The molecule has 0 atom stereocenters. The summed E-state index contributed by atoms with van der Waals surface area (Å²) in [6, 6.07) is 12.6. The first-order valence-electron chi connectivity index (χ1n) is 6.43. The molecule has 4 nitrogen and oxygen atoms in total. The third-order valence-electron chi connectivity index (χ3n) is 3.14. The van der Waals surface area contributed by atoms with Crippen LogP contribution in [0.1, 0.15) is 5.56 Å². The van der Waals surface area contributed by atoms with Gasteiger partial charge < -0.3 is 0 Å². The zero-order valence-corrected chi connectivity index (χ0v) is 12.8. The lowest BCUT2D eigenvalue weighted by atomic mass is 10.1. The number of anilines is 1. The first-order valence-corrected chi connectivity index (χ1v) is 7.22. The first-order chi connectivity index (χ1) is 10.5. The van der Waals surface area contributed by atoms with Crippen LogP contribution in [0.4, 0.5) is 10.1 Å². The SMILES string of the molecule is O=C1NN(c2ccc(F)cc2)C(=O)/C1=C\c1cccc(Br)c1. The summed E-state index contributed by atoms with van der Waals surface area (Å²) in [6.07, 6.45) is 1.52. The number of nitrogens with zero attached hydrogens (tertiary/aromatic N) is 1. The van der Waals surface area contributed by atoms with Gasteiger partial charge in [-0.15, -0.1) is 0 Å². The summed E-state index contributed by atoms with van der Waals surface area (Å²) in [5, 5.41) is 1.10. The molecular formula is C16H10BrFN2O2. The summed E-state index contributed by atoms with van der Waals surface area (Å²) in [6.45, 7) is 0. The second-order valence-electron chi connectivity index (χ2n) is 4.67. The van der Waals surface area contributed by atoms with E-state index in [1.54, 1.807) is 12.1 Å². The van der Waals surface area contributed by atoms with Crippen molar-refractivity contribution >= 4 is 39.5 Å². The van der Waals surface area contributed by atoms with Crippen LogP contribution in [0.3, 0.4) is 0 Å². The van der Waals surface area contributed by atoms with E-state index in [-0.39, 0.29) is 5.57 Å². The van der Waals surface area contributed by atoms with Crippen molar-refractivity contribution in [2.24, 2.45) is 0 Å². The predicted molar refractivity (Wildman–Crippen MR) is 84.1 cm³/mol. The maximum atomic E-state index is 12.9. The molecule has 0 aromatic heterocycles. The van der Waals surface area contributed by atoms with E-state index in [9.17, 15) is 14.0 Å². The smallest absolute Gasteiger partial charge is 0.267 e. The van der Waals surface area contributed by atoms with Crippen LogP contribution in [0.25, 0.3) is 6.08 Å². The van der Waals surface area contributed by atoms with Gasteiger partial charge in [0.15, 0.2) is 0 Å². The molecule has 3 rings (SSSR count). The molecule has 1 N–H and O–H groups in total. The standard InChI is InChI=1S/C16H10BrFN2O2/c17-11-3-1-2-10(8-11)9-14-15(21)19-20(16(14)22)13-6-4-12(18)5-7-13/h1-9H,(H,19,21)/b14-9-. The molecule has 1 heterocycles. The molecule has 0 radical (unpaired) electrons. The summed E-state index contributed by atoms with van der Waals surface area (Å²) in [5.41, 5.74) is 3.63. The molecule has 1 aliphatic heterocycles. The highest BCUT2D eigenvalue weighted by Crippen LogP contribution is 2.22. The van der Waals surface area contributed by atoms with Crippen molar-refractivity contribution in [1.82, 2.24) is 5.43 Å². The molecule has 1 saturated heterocycles. The minimum absolute atomic E-state index is 0.0300. The number of hydrogen-bond donors (Lipinski definition) is 1. The number of benzene rings is 2. The van der Waals surface area contributed by atoms with Gasteiger partial charge in [0, 0.05) is 4.47 Å². The molecule has 22 heavy (non-hydrogen) atoms. The van der Waals surface area contributed by atoms with E-state index < -0.39 is 17.6 Å². The molecule has 0 saturated carbocycles. The number of hydrazine groups is 1. The Kier molecular flexibility index (Phi) is 3.77. The molecule has 2 amide bonds. The normalized spacial score (nSPS) is 16.3. The Morgan fingerprint density at radius 3 is 2.50 bits per heavy atom. The summed E-state index contributed by atoms with van der Waals surface area (Å²) < 4.78 is 13.8. The lowest BCUT2D eigenvalue weighted by Crippen LogP contribution is -2.35. The Morgan fingerprint density at radius 2 is 1.82 bits per heavy atom. The van der Waals surface area contributed by atoms with Gasteiger partial charge in [0.05, 0.1) is 5.69 Å². The van der Waals surface area contributed by atoms with E-state index in [1.165, 1.54) is 30.3 Å². The van der Waals surface area contributed by atoms with E-state index in [0.29, 0.717) is 5.69 Å². The van der Waals surface area contributed by atoms with E-state index in [1.807, 2.05) is 12.1 Å². The zero-order valence-electron chi connectivity index (χ0n) is 11.2. The van der Waals surface area contributed by atoms with E-state index >= 15 is 0 Å². The van der Waals surface area contributed by atoms with Crippen LogP contribution < -0.4 is 10.4 Å². The van der Waals surface area contributed by atoms with Gasteiger partial charge in [-0.2, -0.15) is 0 Å². The summed E-state index contributed by atoms with van der Waals surface area (Å²) >= 11 is 3.34. The fraction of sp³-hybridized carbons (Fsp3) is 0. The molecule has 0 unspecified atom stereocenters. The van der Waals surface area contributed by atoms with Gasteiger partial charge >= 0.3 is 0 Å². The van der Waals surface area contributed by atoms with Crippen LogP contribution in [0.2, 0.25) is 0 Å². The summed E-state index contributed by atoms with van der Waals surface area (Å²) in [5.74, 6) is -1.38. The lowest BCUT2D eigenvalue weighted by Gasteiger charge is -2.14. The van der Waals surface area contributed by atoms with Crippen LogP contribution in [-0.4, -0.2) is 11.8 Å². The third kappa shape index (κ3) is 2.78. The fourth-order valence-electron chi connectivity index (χ4n) is 2.09. The van der Waals surface area contributed by atoms with Crippen molar-refractivity contribution in [3.05, 3.63) is 70.0 Å². The minimum atomic E-state index is -0.491. The largest absolute Gasteiger partial charge is 0.282 e. The molecule has 2 aromatic rings. The van der Waals surface area contributed by atoms with Gasteiger partial charge in [-0.05, 0) is 48.0 Å². The summed E-state index contributed by atoms with van der Waals surface area (Å²) in [4.78, 5) is 24.4. The van der Waals surface area contributed by atoms with Gasteiger partial charge in [-0.1, -0.05) is 28.1 Å². The number of rotatable bonds is 2. The second kappa shape index (κ2) is 5.73. The van der Waals surface area contributed by atoms with Gasteiger partial charge in [0.1, 0.15) is 11.4 Å². The number of halogens is 2. The molecule has 2 aromatic carbocycles. The number of carbonyl (C=O) groups excluding carboxylic acids is 2. The molecule has 0 spiro atoms. The van der Waals surface area contributed by atoms with Crippen molar-refractivity contribution < 1.29 is 14.0 Å². The molecule has 6 heteroatoms. The molecule has 0 bridgehead atoms. The highest BCUT2D eigenvalue weighted by atomic mass is 79.9. The Balaban J connectivity index is 1.93. The molecule has 0 aliphatic carbocycles. The number of carbonyl (C=O) groups is 2. The second-order valence-corrected chi connectivity index (χ2v) is 5.59. The van der Waals surface area contributed by atoms with Crippen molar-refractivity contribution in [3.63, 3.8) is 0 Å². The maximum Gasteiger partial charge on any atom is 0.282 e. The minimum Gasteiger partial charge on any atom is -0.267 e. The Labute approximate surface area is 134 Å². The lowest BCUT2D eigenvalue weighted by molar-refractivity contribution is -0.117. The van der Waals surface area contributed by atoms with Gasteiger partial charge in [-0.3, -0.25) is 15.0 Å². The fourth-order valence-corrected chi connectivity index (χ4v) is 2.51.